The van der Waals surface area contributed by atoms with Gasteiger partial charge in [0.1, 0.15) is 23.7 Å². The van der Waals surface area contributed by atoms with E-state index in [0.717, 1.165) is 24.6 Å². The van der Waals surface area contributed by atoms with Gasteiger partial charge < -0.3 is 9.80 Å². The minimum Gasteiger partial charge on any atom is -0.360 e. The van der Waals surface area contributed by atoms with Crippen LogP contribution in [0.4, 0.5) is 11.6 Å². The van der Waals surface area contributed by atoms with Gasteiger partial charge in [0.15, 0.2) is 0 Å². The molecule has 0 saturated heterocycles. The van der Waals surface area contributed by atoms with Crippen molar-refractivity contribution < 1.29 is 4.79 Å². The van der Waals surface area contributed by atoms with E-state index in [2.05, 4.69) is 28.7 Å². The Balaban J connectivity index is 2.73. The Hall–Kier alpha value is -1.65. The van der Waals surface area contributed by atoms with Crippen LogP contribution in [0.1, 0.15) is 27.2 Å². The first-order valence-corrected chi connectivity index (χ1v) is 6.64. The van der Waals surface area contributed by atoms with Crippen LogP contribution >= 0.6 is 0 Å². The average Bonchev–Trinajstić information content (AvgIpc) is 2.35. The summed E-state index contributed by atoms with van der Waals surface area (Å²) in [5, 5.41) is 0. The number of anilines is 2. The van der Waals surface area contributed by atoms with Gasteiger partial charge in [-0.25, -0.2) is 9.97 Å². The molecule has 0 aliphatic carbocycles. The maximum absolute atomic E-state index is 11.1. The summed E-state index contributed by atoms with van der Waals surface area (Å²) < 4.78 is 0. The van der Waals surface area contributed by atoms with Crippen molar-refractivity contribution in [2.45, 2.75) is 27.2 Å². The first kappa shape index (κ1) is 15.4. The molecule has 0 unspecified atom stereocenters. The van der Waals surface area contributed by atoms with Gasteiger partial charge in [-0.3, -0.25) is 4.79 Å². The highest BCUT2D eigenvalue weighted by atomic mass is 16.1. The molecule has 0 aliphatic heterocycles. The second kappa shape index (κ2) is 7.07. The van der Waals surface area contributed by atoms with Crippen molar-refractivity contribution in [1.29, 1.82) is 0 Å². The van der Waals surface area contributed by atoms with E-state index in [4.69, 9.17) is 0 Å². The molecule has 0 fully saturated rings. The van der Waals surface area contributed by atoms with Gasteiger partial charge in [-0.05, 0) is 19.3 Å². The summed E-state index contributed by atoms with van der Waals surface area (Å²) >= 11 is 0. The Morgan fingerprint density at radius 2 is 1.79 bits per heavy atom. The predicted octanol–water partition coefficient (Wildman–Crippen LogP) is 1.98. The minimum atomic E-state index is 0.121. The molecule has 1 aromatic heterocycles. The number of nitrogens with zero attached hydrogens (tertiary/aromatic N) is 4. The minimum absolute atomic E-state index is 0.121. The van der Waals surface area contributed by atoms with Gasteiger partial charge in [-0.2, -0.15) is 0 Å². The maximum atomic E-state index is 11.1. The Morgan fingerprint density at radius 3 is 2.32 bits per heavy atom. The lowest BCUT2D eigenvalue weighted by atomic mass is 10.1. The molecule has 1 aromatic rings. The van der Waals surface area contributed by atoms with Crippen LogP contribution in [0.3, 0.4) is 0 Å². The number of ketones is 1. The number of hydrogen-bond donors (Lipinski definition) is 0. The van der Waals surface area contributed by atoms with Crippen molar-refractivity contribution in [1.82, 2.24) is 9.97 Å². The molecule has 106 valence electrons. The maximum Gasteiger partial charge on any atom is 0.149 e. The molecule has 5 heteroatoms. The lowest BCUT2D eigenvalue weighted by Gasteiger charge is -2.21. The van der Waals surface area contributed by atoms with Gasteiger partial charge in [-0.15, -0.1) is 0 Å². The highest BCUT2D eigenvalue weighted by Crippen LogP contribution is 2.16. The summed E-state index contributed by atoms with van der Waals surface area (Å²) in [5.41, 5.74) is 0. The molecular formula is C14H24N4O. The van der Waals surface area contributed by atoms with Crippen molar-refractivity contribution >= 4 is 17.4 Å². The zero-order valence-electron chi connectivity index (χ0n) is 12.6. The third-order valence-electron chi connectivity index (χ3n) is 2.92. The van der Waals surface area contributed by atoms with E-state index in [9.17, 15) is 4.79 Å². The standard InChI is InChI=1S/C14H24N4O/c1-11(2)6-7-17(4)13-8-14(16-10-15-13)18(5)9-12(3)19/h8,10-11H,6-7,9H2,1-5H3. The summed E-state index contributed by atoms with van der Waals surface area (Å²) in [4.78, 5) is 23.6. The van der Waals surface area contributed by atoms with E-state index in [-0.39, 0.29) is 5.78 Å². The highest BCUT2D eigenvalue weighted by Gasteiger charge is 2.09. The van der Waals surface area contributed by atoms with Gasteiger partial charge in [-0.1, -0.05) is 13.8 Å². The number of Topliss-reactive ketones (excluding diaryl/α,β-unsaturated/α-hetero) is 1. The first-order valence-electron chi connectivity index (χ1n) is 6.64. The molecule has 0 saturated carbocycles. The summed E-state index contributed by atoms with van der Waals surface area (Å²) in [6.45, 7) is 7.32. The molecule has 0 radical (unpaired) electrons. The van der Waals surface area contributed by atoms with E-state index >= 15 is 0 Å². The van der Waals surface area contributed by atoms with Crippen molar-refractivity contribution in [3.05, 3.63) is 12.4 Å². The van der Waals surface area contributed by atoms with Gasteiger partial charge >= 0.3 is 0 Å². The summed E-state index contributed by atoms with van der Waals surface area (Å²) in [6.07, 6.45) is 2.67. The average molecular weight is 264 g/mol. The molecule has 0 bridgehead atoms. The predicted molar refractivity (Wildman–Crippen MR) is 78.7 cm³/mol. The smallest absolute Gasteiger partial charge is 0.149 e. The Labute approximate surface area is 115 Å². The number of carbonyl (C=O) groups excluding carboxylic acids is 1. The molecule has 0 amide bonds. The van der Waals surface area contributed by atoms with Crippen molar-refractivity contribution in [3.63, 3.8) is 0 Å². The van der Waals surface area contributed by atoms with Crippen LogP contribution in [0.5, 0.6) is 0 Å². The van der Waals surface area contributed by atoms with Gasteiger partial charge in [0.2, 0.25) is 0 Å². The van der Waals surface area contributed by atoms with Crippen LogP contribution in [-0.4, -0.2) is 42.9 Å². The van der Waals surface area contributed by atoms with Gasteiger partial charge in [0.25, 0.3) is 0 Å². The van der Waals surface area contributed by atoms with Gasteiger partial charge in [0, 0.05) is 26.7 Å². The third-order valence-corrected chi connectivity index (χ3v) is 2.92. The number of carbonyl (C=O) groups is 1. The van der Waals surface area contributed by atoms with E-state index in [1.807, 2.05) is 25.1 Å². The molecule has 1 heterocycles. The molecule has 0 aliphatic rings. The van der Waals surface area contributed by atoms with Crippen LogP contribution in [0.15, 0.2) is 12.4 Å². The molecular weight excluding hydrogens is 240 g/mol. The summed E-state index contributed by atoms with van der Waals surface area (Å²) in [6, 6.07) is 1.92. The summed E-state index contributed by atoms with van der Waals surface area (Å²) in [7, 11) is 3.89. The van der Waals surface area contributed by atoms with Crippen molar-refractivity contribution in [2.75, 3.05) is 37.0 Å². The van der Waals surface area contributed by atoms with Gasteiger partial charge in [0.05, 0.1) is 6.54 Å². The van der Waals surface area contributed by atoms with Crippen LogP contribution in [0, 0.1) is 5.92 Å². The number of aromatic nitrogens is 2. The summed E-state index contributed by atoms with van der Waals surface area (Å²) in [5.74, 6) is 2.46. The third kappa shape index (κ3) is 5.24. The second-order valence-electron chi connectivity index (χ2n) is 5.40. The largest absolute Gasteiger partial charge is 0.360 e. The first-order chi connectivity index (χ1) is 8.90. The SMILES string of the molecule is CC(=O)CN(C)c1cc(N(C)CCC(C)C)ncn1. The molecule has 0 atom stereocenters. The fourth-order valence-electron chi connectivity index (χ4n) is 1.74. The van der Waals surface area contributed by atoms with Crippen LogP contribution < -0.4 is 9.80 Å². The van der Waals surface area contributed by atoms with Crippen LogP contribution in [0.2, 0.25) is 0 Å². The zero-order chi connectivity index (χ0) is 14.4. The van der Waals surface area contributed by atoms with Crippen molar-refractivity contribution in [2.24, 2.45) is 5.92 Å². The number of hydrogen-bond acceptors (Lipinski definition) is 5. The quantitative estimate of drug-likeness (QED) is 0.753. The lowest BCUT2D eigenvalue weighted by Crippen LogP contribution is -2.26. The molecule has 0 N–H and O–H groups in total. The van der Waals surface area contributed by atoms with Crippen LogP contribution in [-0.2, 0) is 4.79 Å². The highest BCUT2D eigenvalue weighted by molar-refractivity contribution is 5.80. The molecule has 19 heavy (non-hydrogen) atoms. The normalized spacial score (nSPS) is 10.6. The topological polar surface area (TPSA) is 49.3 Å². The fraction of sp³-hybridized carbons (Fsp3) is 0.643. The van der Waals surface area contributed by atoms with E-state index < -0.39 is 0 Å². The molecule has 1 rings (SSSR count). The number of rotatable bonds is 7. The van der Waals surface area contributed by atoms with E-state index in [1.165, 1.54) is 0 Å². The fourth-order valence-corrected chi connectivity index (χ4v) is 1.74. The Morgan fingerprint density at radius 1 is 1.21 bits per heavy atom. The van der Waals surface area contributed by atoms with E-state index in [1.54, 1.807) is 13.3 Å². The Kier molecular flexibility index (Phi) is 5.73. The van der Waals surface area contributed by atoms with Crippen molar-refractivity contribution in [3.8, 4) is 0 Å². The number of likely N-dealkylation sites (N-methyl/N-ethyl adjacent to an activating group) is 1. The van der Waals surface area contributed by atoms with E-state index in [0.29, 0.717) is 12.5 Å². The Bertz CT molecular complexity index is 420. The lowest BCUT2D eigenvalue weighted by molar-refractivity contribution is -0.115. The molecule has 0 spiro atoms. The van der Waals surface area contributed by atoms with Crippen LogP contribution in [0.25, 0.3) is 0 Å². The molecule has 5 nitrogen and oxygen atoms in total. The zero-order valence-corrected chi connectivity index (χ0v) is 12.6. The monoisotopic (exact) mass is 264 g/mol. The second-order valence-corrected chi connectivity index (χ2v) is 5.40. The molecule has 0 aromatic carbocycles.